The van der Waals surface area contributed by atoms with Crippen molar-refractivity contribution in [3.8, 4) is 0 Å². The monoisotopic (exact) mass is 345 g/mol. The molecule has 1 aromatic rings. The summed E-state index contributed by atoms with van der Waals surface area (Å²) >= 11 is 0. The molecule has 1 atom stereocenters. The molecule has 25 heavy (non-hydrogen) atoms. The number of esters is 1. The molecule has 0 radical (unpaired) electrons. The average molecular weight is 345 g/mol. The van der Waals surface area contributed by atoms with Crippen molar-refractivity contribution in [3.05, 3.63) is 47.5 Å². The first-order valence-electron chi connectivity index (χ1n) is 8.61. The predicted octanol–water partition coefficient (Wildman–Crippen LogP) is 4.08. The Hall–Kier alpha value is -2.30. The third-order valence-electron chi connectivity index (χ3n) is 4.06. The van der Waals surface area contributed by atoms with E-state index in [2.05, 4.69) is 0 Å². The highest BCUT2D eigenvalue weighted by Crippen LogP contribution is 2.27. The van der Waals surface area contributed by atoms with Gasteiger partial charge in [-0.15, -0.1) is 0 Å². The number of allylic oxidation sites excluding steroid dienone is 1. The minimum atomic E-state index is -0.568. The minimum absolute atomic E-state index is 0.0887. The number of hydrogen-bond acceptors (Lipinski definition) is 4. The lowest BCUT2D eigenvalue weighted by atomic mass is 9.93. The Balaban J connectivity index is 2.20. The van der Waals surface area contributed by atoms with Gasteiger partial charge in [-0.3, -0.25) is 0 Å². The van der Waals surface area contributed by atoms with Crippen LogP contribution in [0.3, 0.4) is 0 Å². The van der Waals surface area contributed by atoms with Crippen LogP contribution in [0.15, 0.2) is 42.0 Å². The summed E-state index contributed by atoms with van der Waals surface area (Å²) in [6.45, 7) is 6.01. The number of benzene rings is 1. The van der Waals surface area contributed by atoms with Gasteiger partial charge in [0.05, 0.1) is 7.11 Å². The number of methoxy groups -OCH3 is 1. The first kappa shape index (κ1) is 19.0. The van der Waals surface area contributed by atoms with E-state index in [1.807, 2.05) is 57.2 Å². The highest BCUT2D eigenvalue weighted by Gasteiger charge is 2.31. The first-order valence-corrected chi connectivity index (χ1v) is 8.61. The molecule has 0 heterocycles. The molecule has 1 aliphatic rings. The quantitative estimate of drug-likeness (QED) is 0.772. The molecule has 5 nitrogen and oxygen atoms in total. The van der Waals surface area contributed by atoms with Crippen LogP contribution in [0.1, 0.15) is 45.6 Å². The van der Waals surface area contributed by atoms with Crippen LogP contribution in [-0.2, 0) is 20.8 Å². The number of nitrogens with zero attached hydrogens (tertiary/aromatic N) is 1. The maximum absolute atomic E-state index is 12.8. The second-order valence-electron chi connectivity index (χ2n) is 7.25. The van der Waals surface area contributed by atoms with Gasteiger partial charge in [-0.05, 0) is 45.6 Å². The van der Waals surface area contributed by atoms with E-state index in [9.17, 15) is 9.59 Å². The van der Waals surface area contributed by atoms with Crippen molar-refractivity contribution in [1.29, 1.82) is 0 Å². The van der Waals surface area contributed by atoms with E-state index in [-0.39, 0.29) is 18.1 Å². The molecular formula is C20H27NO4. The third kappa shape index (κ3) is 5.62. The minimum Gasteiger partial charge on any atom is -0.466 e. The van der Waals surface area contributed by atoms with E-state index in [4.69, 9.17) is 9.47 Å². The van der Waals surface area contributed by atoms with Crippen LogP contribution in [0.4, 0.5) is 4.79 Å². The molecule has 1 aromatic carbocycles. The van der Waals surface area contributed by atoms with Crippen LogP contribution in [0.5, 0.6) is 0 Å². The van der Waals surface area contributed by atoms with E-state index >= 15 is 0 Å². The van der Waals surface area contributed by atoms with Crippen LogP contribution in [0, 0.1) is 0 Å². The first-order chi connectivity index (χ1) is 11.8. The number of carbonyl (C=O) groups excluding carboxylic acids is 2. The summed E-state index contributed by atoms with van der Waals surface area (Å²) in [7, 11) is 1.38. The van der Waals surface area contributed by atoms with Crippen molar-refractivity contribution in [2.24, 2.45) is 0 Å². The molecule has 5 heteroatoms. The Bertz CT molecular complexity index is 631. The van der Waals surface area contributed by atoms with Crippen molar-refractivity contribution >= 4 is 12.1 Å². The van der Waals surface area contributed by atoms with Crippen LogP contribution < -0.4 is 0 Å². The van der Waals surface area contributed by atoms with Gasteiger partial charge >= 0.3 is 12.1 Å². The Morgan fingerprint density at radius 3 is 2.48 bits per heavy atom. The fraction of sp³-hybridized carbons (Fsp3) is 0.500. The predicted molar refractivity (Wildman–Crippen MR) is 96.0 cm³/mol. The third-order valence-corrected chi connectivity index (χ3v) is 4.06. The lowest BCUT2D eigenvalue weighted by Gasteiger charge is -2.35. The van der Waals surface area contributed by atoms with Gasteiger partial charge in [0.1, 0.15) is 5.60 Å². The second-order valence-corrected chi connectivity index (χ2v) is 7.25. The maximum Gasteiger partial charge on any atom is 0.410 e. The summed E-state index contributed by atoms with van der Waals surface area (Å²) in [6.07, 6.45) is 3.57. The highest BCUT2D eigenvalue weighted by molar-refractivity contribution is 5.88. The standard InChI is InChI=1S/C20H27NO4/c1-20(2,3)25-19(23)21(14-15-9-6-5-7-10-15)17-12-8-11-16(13-17)18(22)24-4/h5-7,9-11,17H,8,12-14H2,1-4H3. The number of ether oxygens (including phenoxy) is 2. The van der Waals surface area contributed by atoms with Crippen LogP contribution in [0.25, 0.3) is 0 Å². The zero-order chi connectivity index (χ0) is 18.4. The molecule has 0 spiro atoms. The molecule has 0 N–H and O–H groups in total. The summed E-state index contributed by atoms with van der Waals surface area (Å²) in [4.78, 5) is 26.4. The van der Waals surface area contributed by atoms with Gasteiger partial charge in [-0.1, -0.05) is 36.4 Å². The molecule has 136 valence electrons. The lowest BCUT2D eigenvalue weighted by Crippen LogP contribution is -2.44. The summed E-state index contributed by atoms with van der Waals surface area (Å²) in [6, 6.07) is 9.72. The molecule has 2 rings (SSSR count). The van der Waals surface area contributed by atoms with Crippen LogP contribution >= 0.6 is 0 Å². The lowest BCUT2D eigenvalue weighted by molar-refractivity contribution is -0.136. The van der Waals surface area contributed by atoms with Gasteiger partial charge in [0.25, 0.3) is 0 Å². The van der Waals surface area contributed by atoms with E-state index in [1.54, 1.807) is 4.90 Å². The maximum atomic E-state index is 12.8. The molecular weight excluding hydrogens is 318 g/mol. The van der Waals surface area contributed by atoms with Gasteiger partial charge in [-0.25, -0.2) is 9.59 Å². The van der Waals surface area contributed by atoms with E-state index in [1.165, 1.54) is 7.11 Å². The van der Waals surface area contributed by atoms with E-state index < -0.39 is 5.60 Å². The van der Waals surface area contributed by atoms with Gasteiger partial charge in [0.2, 0.25) is 0 Å². The Kier molecular flexibility index (Phi) is 6.23. The van der Waals surface area contributed by atoms with E-state index in [0.29, 0.717) is 18.5 Å². The summed E-state index contributed by atoms with van der Waals surface area (Å²) < 4.78 is 10.4. The van der Waals surface area contributed by atoms with Crippen molar-refractivity contribution in [3.63, 3.8) is 0 Å². The fourth-order valence-electron chi connectivity index (χ4n) is 2.90. The van der Waals surface area contributed by atoms with Crippen LogP contribution in [0.2, 0.25) is 0 Å². The molecule has 1 amide bonds. The van der Waals surface area contributed by atoms with Gasteiger partial charge in [0.15, 0.2) is 0 Å². The van der Waals surface area contributed by atoms with E-state index in [0.717, 1.165) is 18.4 Å². The second kappa shape index (κ2) is 8.19. The van der Waals surface area contributed by atoms with Crippen molar-refractivity contribution in [2.75, 3.05) is 7.11 Å². The largest absolute Gasteiger partial charge is 0.466 e. The molecule has 0 saturated heterocycles. The van der Waals surface area contributed by atoms with Crippen molar-refractivity contribution in [1.82, 2.24) is 4.90 Å². The molecule has 0 aromatic heterocycles. The van der Waals surface area contributed by atoms with Crippen molar-refractivity contribution < 1.29 is 19.1 Å². The number of rotatable bonds is 4. The highest BCUT2D eigenvalue weighted by atomic mass is 16.6. The number of carbonyl (C=O) groups is 2. The SMILES string of the molecule is COC(=O)C1=CCCC(N(Cc2ccccc2)C(=O)OC(C)(C)C)C1. The number of amides is 1. The number of hydrogen-bond donors (Lipinski definition) is 0. The summed E-state index contributed by atoms with van der Waals surface area (Å²) in [5.41, 5.74) is 1.09. The zero-order valence-electron chi connectivity index (χ0n) is 15.5. The average Bonchev–Trinajstić information content (AvgIpc) is 2.58. The smallest absolute Gasteiger partial charge is 0.410 e. The zero-order valence-corrected chi connectivity index (χ0v) is 15.5. The topological polar surface area (TPSA) is 55.8 Å². The Morgan fingerprint density at radius 2 is 1.88 bits per heavy atom. The van der Waals surface area contributed by atoms with Gasteiger partial charge < -0.3 is 14.4 Å². The van der Waals surface area contributed by atoms with Crippen molar-refractivity contribution in [2.45, 2.75) is 58.2 Å². The summed E-state index contributed by atoms with van der Waals surface area (Å²) in [5, 5.41) is 0. The Morgan fingerprint density at radius 1 is 1.20 bits per heavy atom. The summed E-state index contributed by atoms with van der Waals surface area (Å²) in [5.74, 6) is -0.325. The van der Waals surface area contributed by atoms with Gasteiger partial charge in [-0.2, -0.15) is 0 Å². The molecule has 0 fully saturated rings. The molecule has 1 unspecified atom stereocenters. The molecule has 0 aliphatic heterocycles. The van der Waals surface area contributed by atoms with Crippen LogP contribution in [-0.4, -0.2) is 35.7 Å². The molecule has 0 saturated carbocycles. The Labute approximate surface area is 149 Å². The van der Waals surface area contributed by atoms with Gasteiger partial charge in [0, 0.05) is 18.2 Å². The molecule has 0 bridgehead atoms. The fourth-order valence-corrected chi connectivity index (χ4v) is 2.90. The normalized spacial score (nSPS) is 17.4. The molecule has 1 aliphatic carbocycles.